The number of pyridine rings is 1. The van der Waals surface area contributed by atoms with Crippen LogP contribution in [0, 0.1) is 0 Å². The lowest BCUT2D eigenvalue weighted by molar-refractivity contribution is 1.30. The Labute approximate surface area is 121 Å². The molecule has 0 aliphatic rings. The summed E-state index contributed by atoms with van der Waals surface area (Å²) in [5.41, 5.74) is 3.41. The average Bonchev–Trinajstić information content (AvgIpc) is 2.47. The van der Waals surface area contributed by atoms with E-state index >= 15 is 0 Å². The van der Waals surface area contributed by atoms with E-state index in [4.69, 9.17) is 11.6 Å². The van der Waals surface area contributed by atoms with E-state index in [-0.39, 0.29) is 5.43 Å². The van der Waals surface area contributed by atoms with E-state index in [0.717, 1.165) is 22.5 Å². The van der Waals surface area contributed by atoms with Gasteiger partial charge in [-0.3, -0.25) is 4.79 Å². The number of H-pyrrole nitrogens is 1. The van der Waals surface area contributed by atoms with Gasteiger partial charge in [0, 0.05) is 28.5 Å². The number of hydrogen-bond donors (Lipinski definition) is 1. The van der Waals surface area contributed by atoms with Crippen molar-refractivity contribution in [1.82, 2.24) is 4.98 Å². The number of benzene rings is 2. The highest BCUT2D eigenvalue weighted by atomic mass is 35.5. The molecule has 0 radical (unpaired) electrons. The zero-order valence-electron chi connectivity index (χ0n) is 10.6. The quantitative estimate of drug-likeness (QED) is 0.744. The number of aromatic nitrogens is 1. The van der Waals surface area contributed by atoms with Crippen molar-refractivity contribution in [2.24, 2.45) is 0 Å². The first-order valence-corrected chi connectivity index (χ1v) is 6.66. The average molecular weight is 282 g/mol. The predicted molar refractivity (Wildman–Crippen MR) is 82.9 cm³/mol. The van der Waals surface area contributed by atoms with E-state index in [9.17, 15) is 4.79 Å². The molecule has 0 bridgehead atoms. The van der Waals surface area contributed by atoms with Crippen LogP contribution in [0.3, 0.4) is 0 Å². The van der Waals surface area contributed by atoms with E-state index in [2.05, 4.69) is 4.98 Å². The van der Waals surface area contributed by atoms with E-state index in [1.807, 2.05) is 54.6 Å². The van der Waals surface area contributed by atoms with Gasteiger partial charge < -0.3 is 4.98 Å². The van der Waals surface area contributed by atoms with Crippen LogP contribution in [0.25, 0.3) is 22.5 Å². The summed E-state index contributed by atoms with van der Waals surface area (Å²) < 4.78 is 0. The van der Waals surface area contributed by atoms with Crippen molar-refractivity contribution >= 4 is 11.6 Å². The van der Waals surface area contributed by atoms with Crippen LogP contribution in [-0.4, -0.2) is 4.98 Å². The first-order valence-electron chi connectivity index (χ1n) is 6.28. The molecule has 3 rings (SSSR count). The van der Waals surface area contributed by atoms with Crippen LogP contribution >= 0.6 is 11.6 Å². The van der Waals surface area contributed by atoms with Gasteiger partial charge in [-0.15, -0.1) is 0 Å². The molecule has 0 atom stereocenters. The molecular weight excluding hydrogens is 270 g/mol. The molecule has 0 aliphatic heterocycles. The van der Waals surface area contributed by atoms with Crippen LogP contribution in [0.4, 0.5) is 0 Å². The zero-order valence-corrected chi connectivity index (χ0v) is 11.4. The molecule has 0 unspecified atom stereocenters. The number of nitrogens with one attached hydrogen (secondary N) is 1. The summed E-state index contributed by atoms with van der Waals surface area (Å²) in [5.74, 6) is 0. The molecule has 0 spiro atoms. The van der Waals surface area contributed by atoms with Gasteiger partial charge in [-0.1, -0.05) is 54.1 Å². The third-order valence-corrected chi connectivity index (χ3v) is 3.30. The van der Waals surface area contributed by atoms with Crippen LogP contribution in [0.5, 0.6) is 0 Å². The van der Waals surface area contributed by atoms with Crippen molar-refractivity contribution in [2.75, 3.05) is 0 Å². The molecule has 2 aromatic carbocycles. The van der Waals surface area contributed by atoms with Crippen LogP contribution in [-0.2, 0) is 0 Å². The van der Waals surface area contributed by atoms with Crippen LogP contribution in [0.2, 0.25) is 5.02 Å². The Hall–Kier alpha value is -2.32. The molecule has 0 amide bonds. The second-order valence-corrected chi connectivity index (χ2v) is 4.96. The Kier molecular flexibility index (Phi) is 3.40. The van der Waals surface area contributed by atoms with Crippen LogP contribution in [0.1, 0.15) is 0 Å². The van der Waals surface area contributed by atoms with Gasteiger partial charge in [0.1, 0.15) is 0 Å². The lowest BCUT2D eigenvalue weighted by Gasteiger charge is -2.07. The molecule has 0 saturated carbocycles. The summed E-state index contributed by atoms with van der Waals surface area (Å²) in [4.78, 5) is 15.2. The summed E-state index contributed by atoms with van der Waals surface area (Å²) in [7, 11) is 0. The second-order valence-electron chi connectivity index (χ2n) is 4.52. The first-order chi connectivity index (χ1) is 9.72. The minimum atomic E-state index is -0.0300. The number of aromatic amines is 1. The SMILES string of the molecule is O=c1cc(-c2ccccc2)[nH]c(-c2cccc(Cl)c2)c1. The molecular formula is C17H12ClNO. The Balaban J connectivity index is 2.15. The van der Waals surface area contributed by atoms with Gasteiger partial charge in [0.2, 0.25) is 0 Å². The van der Waals surface area contributed by atoms with Crippen LogP contribution in [0.15, 0.2) is 71.5 Å². The Morgan fingerprint density at radius 1 is 0.750 bits per heavy atom. The summed E-state index contributed by atoms with van der Waals surface area (Å²) in [6.07, 6.45) is 0. The Morgan fingerprint density at radius 3 is 2.10 bits per heavy atom. The maximum Gasteiger partial charge on any atom is 0.182 e. The molecule has 1 aromatic heterocycles. The van der Waals surface area contributed by atoms with Crippen molar-refractivity contribution < 1.29 is 0 Å². The smallest absolute Gasteiger partial charge is 0.182 e. The fourth-order valence-corrected chi connectivity index (χ4v) is 2.32. The fraction of sp³-hybridized carbons (Fsp3) is 0. The van der Waals surface area contributed by atoms with Gasteiger partial charge in [-0.05, 0) is 23.3 Å². The summed E-state index contributed by atoms with van der Waals surface area (Å²) in [5, 5.41) is 0.647. The first kappa shape index (κ1) is 12.7. The lowest BCUT2D eigenvalue weighted by atomic mass is 10.1. The van der Waals surface area contributed by atoms with Crippen molar-refractivity contribution in [2.45, 2.75) is 0 Å². The maximum absolute atomic E-state index is 11.9. The number of halogens is 1. The highest BCUT2D eigenvalue weighted by molar-refractivity contribution is 6.30. The third kappa shape index (κ3) is 2.65. The maximum atomic E-state index is 11.9. The molecule has 20 heavy (non-hydrogen) atoms. The van der Waals surface area contributed by atoms with E-state index in [1.165, 1.54) is 0 Å². The van der Waals surface area contributed by atoms with E-state index in [1.54, 1.807) is 12.1 Å². The van der Waals surface area contributed by atoms with Crippen LogP contribution < -0.4 is 5.43 Å². The van der Waals surface area contributed by atoms with Gasteiger partial charge >= 0.3 is 0 Å². The molecule has 0 saturated heterocycles. The number of rotatable bonds is 2. The minimum absolute atomic E-state index is 0.0300. The summed E-state index contributed by atoms with van der Waals surface area (Å²) in [6.45, 7) is 0. The summed E-state index contributed by atoms with van der Waals surface area (Å²) in [6, 6.07) is 20.4. The van der Waals surface area contributed by atoms with Gasteiger partial charge in [0.15, 0.2) is 5.43 Å². The Morgan fingerprint density at radius 2 is 1.40 bits per heavy atom. The molecule has 1 N–H and O–H groups in total. The third-order valence-electron chi connectivity index (χ3n) is 3.06. The monoisotopic (exact) mass is 281 g/mol. The molecule has 2 nitrogen and oxygen atoms in total. The molecule has 1 heterocycles. The zero-order chi connectivity index (χ0) is 13.9. The van der Waals surface area contributed by atoms with Crippen molar-refractivity contribution in [3.63, 3.8) is 0 Å². The Bertz CT molecular complexity index is 793. The van der Waals surface area contributed by atoms with Crippen molar-refractivity contribution in [3.8, 4) is 22.5 Å². The summed E-state index contributed by atoms with van der Waals surface area (Å²) >= 11 is 6.00. The highest BCUT2D eigenvalue weighted by Crippen LogP contribution is 2.23. The molecule has 0 fully saturated rings. The van der Waals surface area contributed by atoms with Crippen molar-refractivity contribution in [3.05, 3.63) is 82.0 Å². The molecule has 98 valence electrons. The van der Waals surface area contributed by atoms with Gasteiger partial charge in [-0.2, -0.15) is 0 Å². The van der Waals surface area contributed by atoms with Gasteiger partial charge in [0.05, 0.1) is 0 Å². The standard InChI is InChI=1S/C17H12ClNO/c18-14-8-4-7-13(9-14)17-11-15(20)10-16(19-17)12-5-2-1-3-6-12/h1-11H,(H,19,20). The molecule has 0 aliphatic carbocycles. The second kappa shape index (κ2) is 5.35. The normalized spacial score (nSPS) is 10.4. The topological polar surface area (TPSA) is 32.9 Å². The minimum Gasteiger partial charge on any atom is -0.354 e. The lowest BCUT2D eigenvalue weighted by Crippen LogP contribution is -2.01. The van der Waals surface area contributed by atoms with Gasteiger partial charge in [0.25, 0.3) is 0 Å². The van der Waals surface area contributed by atoms with Crippen molar-refractivity contribution in [1.29, 1.82) is 0 Å². The largest absolute Gasteiger partial charge is 0.354 e. The molecule has 3 heteroatoms. The van der Waals surface area contributed by atoms with E-state index in [0.29, 0.717) is 5.02 Å². The number of hydrogen-bond acceptors (Lipinski definition) is 1. The molecule has 3 aromatic rings. The highest BCUT2D eigenvalue weighted by Gasteiger charge is 2.04. The fourth-order valence-electron chi connectivity index (χ4n) is 2.13. The van der Waals surface area contributed by atoms with Gasteiger partial charge in [-0.25, -0.2) is 0 Å². The van der Waals surface area contributed by atoms with E-state index < -0.39 is 0 Å². The predicted octanol–water partition coefficient (Wildman–Crippen LogP) is 4.36.